The Hall–Kier alpha value is -1.14. The van der Waals surface area contributed by atoms with Crippen LogP contribution in [-0.2, 0) is 14.3 Å². The molecule has 108 valence electrons. The molecule has 0 aromatic carbocycles. The number of rotatable bonds is 4. The lowest BCUT2D eigenvalue weighted by Crippen LogP contribution is -2.54. The first-order valence-corrected chi connectivity index (χ1v) is 7.12. The SMILES string of the molecule is CCC(NC(=O)C1CCCN1)C(=O)N1CCOCC1. The number of nitrogens with zero attached hydrogens (tertiary/aromatic N) is 1. The van der Waals surface area contributed by atoms with Gasteiger partial charge in [0, 0.05) is 13.1 Å². The Kier molecular flexibility index (Phi) is 5.15. The zero-order valence-electron chi connectivity index (χ0n) is 11.5. The molecule has 0 saturated carbocycles. The summed E-state index contributed by atoms with van der Waals surface area (Å²) in [5.41, 5.74) is 0. The van der Waals surface area contributed by atoms with Crippen molar-refractivity contribution in [1.82, 2.24) is 15.5 Å². The summed E-state index contributed by atoms with van der Waals surface area (Å²) in [6.07, 6.45) is 2.49. The first-order valence-electron chi connectivity index (χ1n) is 7.12. The molecule has 0 spiro atoms. The van der Waals surface area contributed by atoms with Crippen LogP contribution in [0.3, 0.4) is 0 Å². The molecule has 2 heterocycles. The molecule has 19 heavy (non-hydrogen) atoms. The fourth-order valence-electron chi connectivity index (χ4n) is 2.52. The van der Waals surface area contributed by atoms with Gasteiger partial charge in [0.1, 0.15) is 6.04 Å². The summed E-state index contributed by atoms with van der Waals surface area (Å²) < 4.78 is 5.23. The maximum Gasteiger partial charge on any atom is 0.245 e. The number of nitrogens with one attached hydrogen (secondary N) is 2. The van der Waals surface area contributed by atoms with E-state index in [2.05, 4.69) is 10.6 Å². The van der Waals surface area contributed by atoms with E-state index in [1.807, 2.05) is 6.92 Å². The van der Waals surface area contributed by atoms with Gasteiger partial charge in [-0.25, -0.2) is 0 Å². The zero-order chi connectivity index (χ0) is 13.7. The molecule has 2 N–H and O–H groups in total. The van der Waals surface area contributed by atoms with Crippen molar-refractivity contribution in [2.24, 2.45) is 0 Å². The molecular formula is C13H23N3O3. The molecule has 2 unspecified atom stereocenters. The molecule has 6 heteroatoms. The molecule has 0 bridgehead atoms. The van der Waals surface area contributed by atoms with Crippen LogP contribution in [0.2, 0.25) is 0 Å². The van der Waals surface area contributed by atoms with Crippen LogP contribution in [0.5, 0.6) is 0 Å². The summed E-state index contributed by atoms with van der Waals surface area (Å²) in [5.74, 6) is -0.0388. The van der Waals surface area contributed by atoms with Gasteiger partial charge in [0.15, 0.2) is 0 Å². The largest absolute Gasteiger partial charge is 0.378 e. The topological polar surface area (TPSA) is 70.7 Å². The minimum absolute atomic E-state index is 0.0112. The van der Waals surface area contributed by atoms with E-state index in [-0.39, 0.29) is 17.9 Å². The summed E-state index contributed by atoms with van der Waals surface area (Å²) in [5, 5.41) is 6.02. The molecule has 2 saturated heterocycles. The molecule has 0 aromatic rings. The summed E-state index contributed by atoms with van der Waals surface area (Å²) in [6, 6.07) is -0.542. The number of carbonyl (C=O) groups excluding carboxylic acids is 2. The van der Waals surface area contributed by atoms with Crippen LogP contribution in [-0.4, -0.2) is 61.6 Å². The minimum Gasteiger partial charge on any atom is -0.378 e. The third-order valence-electron chi connectivity index (χ3n) is 3.72. The average Bonchev–Trinajstić information content (AvgIpc) is 2.99. The Morgan fingerprint density at radius 2 is 2.16 bits per heavy atom. The third kappa shape index (κ3) is 3.67. The molecule has 2 amide bonds. The number of hydrogen-bond donors (Lipinski definition) is 2. The summed E-state index contributed by atoms with van der Waals surface area (Å²) in [7, 11) is 0. The Bertz CT molecular complexity index is 323. The lowest BCUT2D eigenvalue weighted by Gasteiger charge is -2.30. The maximum absolute atomic E-state index is 12.3. The van der Waals surface area contributed by atoms with Gasteiger partial charge in [0.2, 0.25) is 11.8 Å². The standard InChI is InChI=1S/C13H23N3O3/c1-2-10(13(18)16-6-8-19-9-7-16)15-12(17)11-4-3-5-14-11/h10-11,14H,2-9H2,1H3,(H,15,17). The molecule has 0 aromatic heterocycles. The van der Waals surface area contributed by atoms with E-state index in [1.165, 1.54) is 0 Å². The van der Waals surface area contributed by atoms with E-state index in [4.69, 9.17) is 4.74 Å². The van der Waals surface area contributed by atoms with Gasteiger partial charge in [-0.1, -0.05) is 6.92 Å². The van der Waals surface area contributed by atoms with Crippen molar-refractivity contribution >= 4 is 11.8 Å². The van der Waals surface area contributed by atoms with Crippen molar-refractivity contribution in [1.29, 1.82) is 0 Å². The van der Waals surface area contributed by atoms with Gasteiger partial charge in [-0.3, -0.25) is 9.59 Å². The van der Waals surface area contributed by atoms with Gasteiger partial charge in [0.25, 0.3) is 0 Å². The van der Waals surface area contributed by atoms with Gasteiger partial charge in [-0.2, -0.15) is 0 Å². The number of hydrogen-bond acceptors (Lipinski definition) is 4. The first-order chi connectivity index (χ1) is 9.22. The second-order valence-electron chi connectivity index (χ2n) is 5.06. The molecule has 2 atom stereocenters. The first kappa shape index (κ1) is 14.3. The highest BCUT2D eigenvalue weighted by molar-refractivity contribution is 5.89. The number of morpholine rings is 1. The lowest BCUT2D eigenvalue weighted by atomic mass is 10.1. The summed E-state index contributed by atoms with van der Waals surface area (Å²) in [4.78, 5) is 26.1. The Balaban J connectivity index is 1.87. The van der Waals surface area contributed by atoms with Crippen molar-refractivity contribution in [3.05, 3.63) is 0 Å². The van der Waals surface area contributed by atoms with Crippen LogP contribution >= 0.6 is 0 Å². The highest BCUT2D eigenvalue weighted by Crippen LogP contribution is 2.07. The van der Waals surface area contributed by atoms with Gasteiger partial charge < -0.3 is 20.3 Å². The van der Waals surface area contributed by atoms with Gasteiger partial charge in [-0.05, 0) is 25.8 Å². The molecule has 0 radical (unpaired) electrons. The van der Waals surface area contributed by atoms with E-state index in [0.717, 1.165) is 19.4 Å². The predicted molar refractivity (Wildman–Crippen MR) is 70.6 cm³/mol. The lowest BCUT2D eigenvalue weighted by molar-refractivity contribution is -0.140. The highest BCUT2D eigenvalue weighted by atomic mass is 16.5. The monoisotopic (exact) mass is 269 g/mol. The van der Waals surface area contributed by atoms with Gasteiger partial charge >= 0.3 is 0 Å². The summed E-state index contributed by atoms with van der Waals surface area (Å²) in [6.45, 7) is 5.21. The van der Waals surface area contributed by atoms with Crippen LogP contribution in [0.15, 0.2) is 0 Å². The Labute approximate surface area is 113 Å². The van der Waals surface area contributed by atoms with Gasteiger partial charge in [0.05, 0.1) is 19.3 Å². The quantitative estimate of drug-likeness (QED) is 0.721. The molecular weight excluding hydrogens is 246 g/mol. The fourth-order valence-corrected chi connectivity index (χ4v) is 2.52. The van der Waals surface area contributed by atoms with Crippen LogP contribution in [0.1, 0.15) is 26.2 Å². The smallest absolute Gasteiger partial charge is 0.245 e. The van der Waals surface area contributed by atoms with E-state index in [0.29, 0.717) is 32.7 Å². The summed E-state index contributed by atoms with van der Waals surface area (Å²) >= 11 is 0. The predicted octanol–water partition coefficient (Wildman–Crippen LogP) is -0.508. The molecule has 2 aliphatic rings. The van der Waals surface area contributed by atoms with E-state index in [9.17, 15) is 9.59 Å². The van der Waals surface area contributed by atoms with Crippen LogP contribution in [0.25, 0.3) is 0 Å². The molecule has 0 aliphatic carbocycles. The number of carbonyl (C=O) groups is 2. The Morgan fingerprint density at radius 1 is 1.42 bits per heavy atom. The second kappa shape index (κ2) is 6.86. The number of ether oxygens (including phenoxy) is 1. The van der Waals surface area contributed by atoms with Crippen LogP contribution in [0.4, 0.5) is 0 Å². The van der Waals surface area contributed by atoms with Gasteiger partial charge in [-0.15, -0.1) is 0 Å². The van der Waals surface area contributed by atoms with Crippen LogP contribution < -0.4 is 10.6 Å². The Morgan fingerprint density at radius 3 is 2.74 bits per heavy atom. The maximum atomic E-state index is 12.3. The second-order valence-corrected chi connectivity index (χ2v) is 5.06. The normalized spacial score (nSPS) is 25.1. The highest BCUT2D eigenvalue weighted by Gasteiger charge is 2.29. The molecule has 2 fully saturated rings. The molecule has 6 nitrogen and oxygen atoms in total. The fraction of sp³-hybridized carbons (Fsp3) is 0.846. The van der Waals surface area contributed by atoms with E-state index >= 15 is 0 Å². The van der Waals surface area contributed by atoms with Crippen molar-refractivity contribution in [2.75, 3.05) is 32.8 Å². The van der Waals surface area contributed by atoms with Crippen molar-refractivity contribution < 1.29 is 14.3 Å². The minimum atomic E-state index is -0.409. The van der Waals surface area contributed by atoms with Crippen molar-refractivity contribution in [2.45, 2.75) is 38.3 Å². The molecule has 2 aliphatic heterocycles. The van der Waals surface area contributed by atoms with E-state index < -0.39 is 6.04 Å². The number of amides is 2. The third-order valence-corrected chi connectivity index (χ3v) is 3.72. The zero-order valence-corrected chi connectivity index (χ0v) is 11.5. The average molecular weight is 269 g/mol. The van der Waals surface area contributed by atoms with E-state index in [1.54, 1.807) is 4.90 Å². The van der Waals surface area contributed by atoms with Crippen LogP contribution in [0, 0.1) is 0 Å². The van der Waals surface area contributed by atoms with Crippen molar-refractivity contribution in [3.8, 4) is 0 Å². The van der Waals surface area contributed by atoms with Crippen molar-refractivity contribution in [3.63, 3.8) is 0 Å². The molecule has 2 rings (SSSR count).